The predicted molar refractivity (Wildman–Crippen MR) is 55.1 cm³/mol. The second kappa shape index (κ2) is 5.49. The Bertz CT molecular complexity index is 321. The molecule has 15 heavy (non-hydrogen) atoms. The van der Waals surface area contributed by atoms with Crippen LogP contribution >= 0.6 is 0 Å². The fourth-order valence-electron chi connectivity index (χ4n) is 1.47. The highest BCUT2D eigenvalue weighted by atomic mass is 16.5. The smallest absolute Gasteiger partial charge is 0.121 e. The monoisotopic (exact) mass is 208 g/mol. The average Bonchev–Trinajstić information content (AvgIpc) is 2.23. The Kier molecular flexibility index (Phi) is 4.28. The van der Waals surface area contributed by atoms with Gasteiger partial charge < -0.3 is 14.9 Å². The molecule has 0 fully saturated rings. The first kappa shape index (κ1) is 11.7. The maximum atomic E-state index is 11.6. The van der Waals surface area contributed by atoms with Crippen LogP contribution in [0.3, 0.4) is 0 Å². The molecule has 0 atom stereocenters. The SMILES string of the molecule is CCCCc1c(OCC)ccc([O-])c1[O-]. The quantitative estimate of drug-likeness (QED) is 0.738. The lowest BCUT2D eigenvalue weighted by atomic mass is 10.1. The van der Waals surface area contributed by atoms with E-state index >= 15 is 0 Å². The zero-order valence-electron chi connectivity index (χ0n) is 9.21. The van der Waals surface area contributed by atoms with Crippen LogP contribution in [0.25, 0.3) is 0 Å². The Balaban J connectivity index is 2.99. The van der Waals surface area contributed by atoms with Crippen LogP contribution in [0.1, 0.15) is 32.3 Å². The van der Waals surface area contributed by atoms with Crippen molar-refractivity contribution in [3.05, 3.63) is 17.7 Å². The van der Waals surface area contributed by atoms with E-state index in [2.05, 4.69) is 0 Å². The van der Waals surface area contributed by atoms with Crippen molar-refractivity contribution in [1.29, 1.82) is 0 Å². The van der Waals surface area contributed by atoms with Gasteiger partial charge in [0.1, 0.15) is 5.75 Å². The number of hydrogen-bond acceptors (Lipinski definition) is 3. The van der Waals surface area contributed by atoms with Crippen LogP contribution in [0.4, 0.5) is 0 Å². The first-order valence-electron chi connectivity index (χ1n) is 5.33. The molecule has 0 saturated carbocycles. The lowest BCUT2D eigenvalue weighted by Gasteiger charge is -2.24. The molecule has 0 aliphatic rings. The van der Waals surface area contributed by atoms with Crippen molar-refractivity contribution in [3.63, 3.8) is 0 Å². The van der Waals surface area contributed by atoms with Gasteiger partial charge in [-0.05, 0) is 31.4 Å². The normalized spacial score (nSPS) is 10.3. The first-order valence-corrected chi connectivity index (χ1v) is 5.33. The van der Waals surface area contributed by atoms with Gasteiger partial charge >= 0.3 is 0 Å². The van der Waals surface area contributed by atoms with E-state index in [4.69, 9.17) is 4.74 Å². The molecule has 1 aromatic rings. The fourth-order valence-corrected chi connectivity index (χ4v) is 1.47. The minimum atomic E-state index is -0.440. The van der Waals surface area contributed by atoms with Gasteiger partial charge in [0.25, 0.3) is 0 Å². The Morgan fingerprint density at radius 1 is 1.20 bits per heavy atom. The summed E-state index contributed by atoms with van der Waals surface area (Å²) in [6.45, 7) is 4.42. The van der Waals surface area contributed by atoms with Gasteiger partial charge in [-0.2, -0.15) is 0 Å². The van der Waals surface area contributed by atoms with Gasteiger partial charge in [0.05, 0.1) is 6.61 Å². The highest BCUT2D eigenvalue weighted by molar-refractivity contribution is 5.50. The number of unbranched alkanes of at least 4 members (excludes halogenated alkanes) is 1. The van der Waals surface area contributed by atoms with Crippen molar-refractivity contribution >= 4 is 0 Å². The molecule has 0 heterocycles. The minimum absolute atomic E-state index is 0.408. The number of hydrogen-bond donors (Lipinski definition) is 0. The summed E-state index contributed by atoms with van der Waals surface area (Å²) < 4.78 is 5.33. The Labute approximate surface area is 90.3 Å². The van der Waals surface area contributed by atoms with E-state index < -0.39 is 11.5 Å². The average molecular weight is 208 g/mol. The van der Waals surface area contributed by atoms with Crippen LogP contribution in [0.15, 0.2) is 12.1 Å². The van der Waals surface area contributed by atoms with E-state index in [1.807, 2.05) is 13.8 Å². The molecule has 0 spiro atoms. The zero-order valence-corrected chi connectivity index (χ0v) is 9.21. The molecule has 0 unspecified atom stereocenters. The molecule has 3 nitrogen and oxygen atoms in total. The van der Waals surface area contributed by atoms with Crippen LogP contribution in [0.2, 0.25) is 0 Å². The van der Waals surface area contributed by atoms with Crippen molar-refractivity contribution in [2.45, 2.75) is 33.1 Å². The molecule has 84 valence electrons. The highest BCUT2D eigenvalue weighted by Gasteiger charge is 2.03. The lowest BCUT2D eigenvalue weighted by Crippen LogP contribution is -2.06. The standard InChI is InChI=1S/C12H18O3/c1-3-5-6-9-11(15-4-2)8-7-10(13)12(9)14/h7-8,13-14H,3-6H2,1-2H3/p-2. The Morgan fingerprint density at radius 3 is 2.53 bits per heavy atom. The molecule has 0 aliphatic heterocycles. The second-order valence-electron chi connectivity index (χ2n) is 3.41. The van der Waals surface area contributed by atoms with E-state index in [9.17, 15) is 10.2 Å². The van der Waals surface area contributed by atoms with E-state index in [0.717, 1.165) is 12.8 Å². The van der Waals surface area contributed by atoms with Crippen LogP contribution < -0.4 is 14.9 Å². The van der Waals surface area contributed by atoms with Gasteiger partial charge in [-0.15, -0.1) is 11.5 Å². The van der Waals surface area contributed by atoms with Crippen LogP contribution in [-0.4, -0.2) is 6.61 Å². The van der Waals surface area contributed by atoms with Crippen molar-refractivity contribution < 1.29 is 14.9 Å². The third-order valence-electron chi connectivity index (χ3n) is 2.26. The molecule has 0 aliphatic carbocycles. The van der Waals surface area contributed by atoms with E-state index in [0.29, 0.717) is 24.3 Å². The maximum Gasteiger partial charge on any atom is 0.121 e. The number of rotatable bonds is 5. The van der Waals surface area contributed by atoms with Crippen molar-refractivity contribution in [3.8, 4) is 17.2 Å². The molecular weight excluding hydrogens is 192 g/mol. The molecule has 0 amide bonds. The van der Waals surface area contributed by atoms with Gasteiger partial charge in [0.15, 0.2) is 0 Å². The summed E-state index contributed by atoms with van der Waals surface area (Å²) in [5.74, 6) is -0.283. The Morgan fingerprint density at radius 2 is 1.93 bits per heavy atom. The molecule has 3 heteroatoms. The van der Waals surface area contributed by atoms with E-state index in [1.165, 1.54) is 6.07 Å². The molecular formula is C12H16O3-2. The highest BCUT2D eigenvalue weighted by Crippen LogP contribution is 2.33. The van der Waals surface area contributed by atoms with Gasteiger partial charge in [-0.25, -0.2) is 0 Å². The summed E-state index contributed by atoms with van der Waals surface area (Å²) in [5.41, 5.74) is 0.534. The van der Waals surface area contributed by atoms with Crippen LogP contribution in [0.5, 0.6) is 17.2 Å². The molecule has 1 rings (SSSR count). The Hall–Kier alpha value is -1.38. The van der Waals surface area contributed by atoms with Crippen LogP contribution in [-0.2, 0) is 6.42 Å². The molecule has 1 aromatic carbocycles. The first-order chi connectivity index (χ1) is 7.20. The second-order valence-corrected chi connectivity index (χ2v) is 3.41. The number of ether oxygens (including phenoxy) is 1. The van der Waals surface area contributed by atoms with Gasteiger partial charge in [0, 0.05) is 0 Å². The van der Waals surface area contributed by atoms with Crippen molar-refractivity contribution in [2.24, 2.45) is 0 Å². The zero-order chi connectivity index (χ0) is 11.3. The summed E-state index contributed by atoms with van der Waals surface area (Å²) >= 11 is 0. The summed E-state index contributed by atoms with van der Waals surface area (Å²) in [5, 5.41) is 22.8. The van der Waals surface area contributed by atoms with E-state index in [-0.39, 0.29) is 0 Å². The molecule has 0 radical (unpaired) electrons. The number of benzene rings is 1. The summed E-state index contributed by atoms with van der Waals surface area (Å²) in [6, 6.07) is 2.88. The lowest BCUT2D eigenvalue weighted by molar-refractivity contribution is -0.318. The van der Waals surface area contributed by atoms with Gasteiger partial charge in [-0.3, -0.25) is 0 Å². The third-order valence-corrected chi connectivity index (χ3v) is 2.26. The van der Waals surface area contributed by atoms with E-state index in [1.54, 1.807) is 6.07 Å². The fraction of sp³-hybridized carbons (Fsp3) is 0.500. The molecule has 0 saturated heterocycles. The largest absolute Gasteiger partial charge is 0.873 e. The summed E-state index contributed by atoms with van der Waals surface area (Å²) in [7, 11) is 0. The topological polar surface area (TPSA) is 55.3 Å². The summed E-state index contributed by atoms with van der Waals surface area (Å²) in [6.07, 6.45) is 2.52. The minimum Gasteiger partial charge on any atom is -0.873 e. The molecule has 0 bridgehead atoms. The third kappa shape index (κ3) is 2.78. The predicted octanol–water partition coefficient (Wildman–Crippen LogP) is 1.58. The maximum absolute atomic E-state index is 11.6. The summed E-state index contributed by atoms with van der Waals surface area (Å²) in [4.78, 5) is 0. The van der Waals surface area contributed by atoms with Crippen LogP contribution in [0, 0.1) is 0 Å². The molecule has 0 aromatic heterocycles. The van der Waals surface area contributed by atoms with Gasteiger partial charge in [0.2, 0.25) is 0 Å². The van der Waals surface area contributed by atoms with Crippen molar-refractivity contribution in [2.75, 3.05) is 6.61 Å². The van der Waals surface area contributed by atoms with Crippen molar-refractivity contribution in [1.82, 2.24) is 0 Å². The van der Waals surface area contributed by atoms with Gasteiger partial charge in [-0.1, -0.05) is 19.4 Å². The molecule has 0 N–H and O–H groups in total.